The van der Waals surface area contributed by atoms with Gasteiger partial charge in [-0.25, -0.2) is 0 Å². The highest BCUT2D eigenvalue weighted by Gasteiger charge is 2.22. The molecule has 0 spiro atoms. The maximum absolute atomic E-state index is 12.7. The number of rotatable bonds is 3. The van der Waals surface area contributed by atoms with E-state index in [1.807, 2.05) is 6.92 Å². The van der Waals surface area contributed by atoms with Crippen molar-refractivity contribution in [1.29, 1.82) is 0 Å². The molecule has 3 aromatic rings. The van der Waals surface area contributed by atoms with E-state index < -0.39 is 28.7 Å². The van der Waals surface area contributed by atoms with Crippen LogP contribution in [0.2, 0.25) is 0 Å². The van der Waals surface area contributed by atoms with Gasteiger partial charge in [-0.2, -0.15) is 0 Å². The Hall–Kier alpha value is -3.61. The Labute approximate surface area is 155 Å². The van der Waals surface area contributed by atoms with Gasteiger partial charge in [0.25, 0.3) is 17.4 Å². The Morgan fingerprint density at radius 2 is 1.63 bits per heavy atom. The van der Waals surface area contributed by atoms with Gasteiger partial charge in [0.15, 0.2) is 0 Å². The van der Waals surface area contributed by atoms with Gasteiger partial charge < -0.3 is 9.67 Å². The van der Waals surface area contributed by atoms with Gasteiger partial charge >= 0.3 is 0 Å². The highest BCUT2D eigenvalue weighted by atomic mass is 16.3. The summed E-state index contributed by atoms with van der Waals surface area (Å²) in [5.74, 6) is -1.83. The van der Waals surface area contributed by atoms with E-state index in [-0.39, 0.29) is 0 Å². The quantitative estimate of drug-likeness (QED) is 0.619. The zero-order valence-corrected chi connectivity index (χ0v) is 14.9. The molecule has 27 heavy (non-hydrogen) atoms. The molecule has 0 radical (unpaired) electrons. The summed E-state index contributed by atoms with van der Waals surface area (Å²) in [5, 5.41) is 10.8. The Balaban J connectivity index is 1.91. The summed E-state index contributed by atoms with van der Waals surface area (Å²) in [4.78, 5) is 37.3. The number of aromatic nitrogens is 1. The Kier molecular flexibility index (Phi) is 4.94. The molecule has 7 heteroatoms. The molecule has 0 aliphatic rings. The average molecular weight is 365 g/mol. The first-order valence-corrected chi connectivity index (χ1v) is 8.46. The molecule has 2 amide bonds. The van der Waals surface area contributed by atoms with E-state index in [4.69, 9.17) is 0 Å². The molecule has 0 aliphatic carbocycles. The van der Waals surface area contributed by atoms with Crippen molar-refractivity contribution in [2.24, 2.45) is 0 Å². The van der Waals surface area contributed by atoms with E-state index >= 15 is 0 Å². The fourth-order valence-electron chi connectivity index (χ4n) is 2.86. The van der Waals surface area contributed by atoms with Gasteiger partial charge in [-0.1, -0.05) is 29.8 Å². The summed E-state index contributed by atoms with van der Waals surface area (Å²) in [7, 11) is 0. The van der Waals surface area contributed by atoms with Crippen molar-refractivity contribution >= 4 is 22.7 Å². The predicted octanol–water partition coefficient (Wildman–Crippen LogP) is 2.11. The van der Waals surface area contributed by atoms with Crippen molar-refractivity contribution < 1.29 is 14.7 Å². The summed E-state index contributed by atoms with van der Waals surface area (Å²) in [6.45, 7) is 3.99. The minimum Gasteiger partial charge on any atom is -0.506 e. The third kappa shape index (κ3) is 3.39. The van der Waals surface area contributed by atoms with Crippen molar-refractivity contribution in [3.63, 3.8) is 0 Å². The SMILES string of the molecule is CCn1c(=O)c(C(=O)NNC(=O)c2ccc(C)cc2)c(O)c2ccccc21. The van der Waals surface area contributed by atoms with Crippen molar-refractivity contribution in [1.82, 2.24) is 15.4 Å². The number of carbonyl (C=O) groups excluding carboxylic acids is 2. The number of hydrogen-bond donors (Lipinski definition) is 3. The second kappa shape index (κ2) is 7.33. The standard InChI is InChI=1S/C20H19N3O4/c1-3-23-15-7-5-4-6-14(15)17(24)16(20(23)27)19(26)22-21-18(25)13-10-8-12(2)9-11-13/h4-11,24H,3H2,1-2H3,(H,21,25)(H,22,26). The molecule has 0 bridgehead atoms. The lowest BCUT2D eigenvalue weighted by molar-refractivity contribution is 0.0844. The molecule has 0 saturated carbocycles. The summed E-state index contributed by atoms with van der Waals surface area (Å²) in [5.41, 5.74) is 5.29. The van der Waals surface area contributed by atoms with Gasteiger partial charge in [-0.3, -0.25) is 25.2 Å². The van der Waals surface area contributed by atoms with Gasteiger partial charge in [0.1, 0.15) is 11.3 Å². The molecule has 2 aromatic carbocycles. The molecule has 1 aromatic heterocycles. The first kappa shape index (κ1) is 18.2. The van der Waals surface area contributed by atoms with Crippen LogP contribution in [0, 0.1) is 6.92 Å². The zero-order valence-electron chi connectivity index (χ0n) is 14.9. The number of benzene rings is 2. The number of aryl methyl sites for hydroxylation is 2. The van der Waals surface area contributed by atoms with Crippen LogP contribution >= 0.6 is 0 Å². The maximum Gasteiger partial charge on any atom is 0.279 e. The molecular formula is C20H19N3O4. The van der Waals surface area contributed by atoms with Crippen molar-refractivity contribution in [2.45, 2.75) is 20.4 Å². The number of pyridine rings is 1. The molecule has 0 saturated heterocycles. The number of aromatic hydroxyl groups is 1. The number of nitrogens with one attached hydrogen (secondary N) is 2. The largest absolute Gasteiger partial charge is 0.506 e. The fraction of sp³-hybridized carbons (Fsp3) is 0.150. The maximum atomic E-state index is 12.7. The number of hydrogen-bond acceptors (Lipinski definition) is 4. The van der Waals surface area contributed by atoms with Crippen LogP contribution in [0.1, 0.15) is 33.2 Å². The third-order valence-electron chi connectivity index (χ3n) is 4.29. The van der Waals surface area contributed by atoms with Gasteiger partial charge in [0.05, 0.1) is 5.52 Å². The summed E-state index contributed by atoms with van der Waals surface area (Å²) < 4.78 is 1.39. The van der Waals surface area contributed by atoms with E-state index in [1.165, 1.54) is 4.57 Å². The lowest BCUT2D eigenvalue weighted by atomic mass is 10.1. The van der Waals surface area contributed by atoms with E-state index in [0.717, 1.165) is 5.56 Å². The monoisotopic (exact) mass is 365 g/mol. The number of nitrogens with zero attached hydrogens (tertiary/aromatic N) is 1. The van der Waals surface area contributed by atoms with Gasteiger partial charge in [-0.05, 0) is 38.1 Å². The number of fused-ring (bicyclic) bond motifs is 1. The molecule has 0 fully saturated rings. The molecule has 138 valence electrons. The second-order valence-corrected chi connectivity index (χ2v) is 6.06. The fourth-order valence-corrected chi connectivity index (χ4v) is 2.86. The van der Waals surface area contributed by atoms with Crippen LogP contribution in [-0.2, 0) is 6.54 Å². The number of para-hydroxylation sites is 1. The van der Waals surface area contributed by atoms with Gasteiger partial charge in [0, 0.05) is 17.5 Å². The predicted molar refractivity (Wildman–Crippen MR) is 102 cm³/mol. The van der Waals surface area contributed by atoms with Gasteiger partial charge in [-0.15, -0.1) is 0 Å². The van der Waals surface area contributed by atoms with Crippen LogP contribution in [0.3, 0.4) is 0 Å². The van der Waals surface area contributed by atoms with E-state index in [9.17, 15) is 19.5 Å². The van der Waals surface area contributed by atoms with Crippen LogP contribution in [0.4, 0.5) is 0 Å². The van der Waals surface area contributed by atoms with E-state index in [0.29, 0.717) is 23.0 Å². The molecule has 0 aliphatic heterocycles. The number of hydrazine groups is 1. The Morgan fingerprint density at radius 1 is 1.00 bits per heavy atom. The second-order valence-electron chi connectivity index (χ2n) is 6.06. The van der Waals surface area contributed by atoms with Crippen molar-refractivity contribution in [2.75, 3.05) is 0 Å². The Morgan fingerprint density at radius 3 is 2.30 bits per heavy atom. The number of amides is 2. The molecule has 3 rings (SSSR count). The lowest BCUT2D eigenvalue weighted by Gasteiger charge is -2.14. The molecular weight excluding hydrogens is 346 g/mol. The van der Waals surface area contributed by atoms with Crippen LogP contribution < -0.4 is 16.4 Å². The van der Waals surface area contributed by atoms with Crippen LogP contribution in [0.5, 0.6) is 5.75 Å². The zero-order chi connectivity index (χ0) is 19.6. The van der Waals surface area contributed by atoms with E-state index in [2.05, 4.69) is 10.9 Å². The lowest BCUT2D eigenvalue weighted by Crippen LogP contribution is -2.44. The van der Waals surface area contributed by atoms with Crippen LogP contribution in [0.25, 0.3) is 10.9 Å². The highest BCUT2D eigenvalue weighted by molar-refractivity contribution is 6.03. The van der Waals surface area contributed by atoms with Crippen LogP contribution in [0.15, 0.2) is 53.3 Å². The summed E-state index contributed by atoms with van der Waals surface area (Å²) in [6, 6.07) is 13.5. The third-order valence-corrected chi connectivity index (χ3v) is 4.29. The van der Waals surface area contributed by atoms with E-state index in [1.54, 1.807) is 55.5 Å². The average Bonchev–Trinajstić information content (AvgIpc) is 2.67. The first-order valence-electron chi connectivity index (χ1n) is 8.46. The molecule has 0 atom stereocenters. The molecule has 1 heterocycles. The van der Waals surface area contributed by atoms with Gasteiger partial charge in [0.2, 0.25) is 0 Å². The highest BCUT2D eigenvalue weighted by Crippen LogP contribution is 2.26. The normalized spacial score (nSPS) is 10.6. The number of carbonyl (C=O) groups is 2. The minimum atomic E-state index is -0.883. The van der Waals surface area contributed by atoms with Crippen molar-refractivity contribution in [3.05, 3.63) is 75.6 Å². The summed E-state index contributed by atoms with van der Waals surface area (Å²) in [6.07, 6.45) is 0. The van der Waals surface area contributed by atoms with Crippen LogP contribution in [-0.4, -0.2) is 21.5 Å². The Bertz CT molecular complexity index is 1080. The molecule has 3 N–H and O–H groups in total. The smallest absolute Gasteiger partial charge is 0.279 e. The topological polar surface area (TPSA) is 100 Å². The molecule has 7 nitrogen and oxygen atoms in total. The first-order chi connectivity index (χ1) is 12.9. The van der Waals surface area contributed by atoms with Crippen molar-refractivity contribution in [3.8, 4) is 5.75 Å². The minimum absolute atomic E-state index is 0.329. The summed E-state index contributed by atoms with van der Waals surface area (Å²) >= 11 is 0. The molecule has 0 unspecified atom stereocenters.